The number of sulfonamides is 1. The molecule has 2 aromatic carbocycles. The molecule has 3 aromatic rings. The monoisotopic (exact) mass is 441 g/mol. The number of ether oxygens (including phenoxy) is 1. The molecule has 4 rings (SSSR count). The van der Waals surface area contributed by atoms with Gasteiger partial charge in [-0.05, 0) is 49.2 Å². The largest absolute Gasteiger partial charge is 0.495 e. The van der Waals surface area contributed by atoms with E-state index in [9.17, 15) is 13.2 Å². The van der Waals surface area contributed by atoms with Gasteiger partial charge in [-0.2, -0.15) is 0 Å². The van der Waals surface area contributed by atoms with Crippen molar-refractivity contribution in [3.8, 4) is 5.75 Å². The number of methoxy groups -OCH3 is 1. The van der Waals surface area contributed by atoms with E-state index in [1.807, 2.05) is 4.90 Å². The number of hydrogen-bond donors (Lipinski definition) is 2. The minimum Gasteiger partial charge on any atom is -0.495 e. The smallest absolute Gasteiger partial charge is 0.264 e. The quantitative estimate of drug-likeness (QED) is 0.576. The number of benzene rings is 2. The van der Waals surface area contributed by atoms with Crippen LogP contribution in [0.4, 0.5) is 17.1 Å². The van der Waals surface area contributed by atoms with E-state index in [4.69, 9.17) is 9.15 Å². The van der Waals surface area contributed by atoms with Crippen molar-refractivity contribution in [2.45, 2.75) is 17.7 Å². The molecule has 1 aromatic heterocycles. The molecular formula is C22H23N3O5S. The third kappa shape index (κ3) is 4.51. The van der Waals surface area contributed by atoms with E-state index in [-0.39, 0.29) is 10.8 Å². The lowest BCUT2D eigenvalue weighted by Gasteiger charge is -2.23. The van der Waals surface area contributed by atoms with E-state index in [1.54, 1.807) is 36.4 Å². The second kappa shape index (κ2) is 8.73. The van der Waals surface area contributed by atoms with Crippen LogP contribution in [0.1, 0.15) is 23.2 Å². The Labute approximate surface area is 180 Å². The highest BCUT2D eigenvalue weighted by molar-refractivity contribution is 7.93. The Bertz CT molecular complexity index is 1170. The Morgan fingerprint density at radius 1 is 1.10 bits per heavy atom. The van der Waals surface area contributed by atoms with Crippen LogP contribution in [0.2, 0.25) is 0 Å². The van der Waals surface area contributed by atoms with Crippen LogP contribution in [0, 0.1) is 0 Å². The normalized spacial score (nSPS) is 13.8. The van der Waals surface area contributed by atoms with Crippen LogP contribution < -0.4 is 19.7 Å². The summed E-state index contributed by atoms with van der Waals surface area (Å²) in [4.78, 5) is 14.5. The summed E-state index contributed by atoms with van der Waals surface area (Å²) in [5.74, 6) is 0.0296. The molecule has 1 amide bonds. The first-order valence-electron chi connectivity index (χ1n) is 9.86. The molecule has 31 heavy (non-hydrogen) atoms. The average Bonchev–Trinajstić information content (AvgIpc) is 3.48. The number of nitrogens with zero attached hydrogens (tertiary/aromatic N) is 1. The van der Waals surface area contributed by atoms with Crippen LogP contribution in [0.5, 0.6) is 5.75 Å². The minimum absolute atomic E-state index is 0.0882. The summed E-state index contributed by atoms with van der Waals surface area (Å²) >= 11 is 0. The van der Waals surface area contributed by atoms with Crippen molar-refractivity contribution in [1.82, 2.24) is 0 Å². The van der Waals surface area contributed by atoms with Gasteiger partial charge < -0.3 is 19.4 Å². The number of para-hydroxylation sites is 2. The molecule has 0 saturated carbocycles. The number of anilines is 3. The number of rotatable bonds is 7. The first-order chi connectivity index (χ1) is 15.0. The standard InChI is InChI=1S/C22H23N3O5S/c1-29-20-7-3-2-6-18(20)24-31(27,28)21-14-17(23-22(26)16-10-13-30-15-16)8-9-19(21)25-11-4-5-12-25/h2-3,6-10,13-15,24H,4-5,11-12H2,1H3,(H,23,26). The third-order valence-corrected chi connectivity index (χ3v) is 6.48. The molecule has 0 spiro atoms. The maximum absolute atomic E-state index is 13.4. The SMILES string of the molecule is COc1ccccc1NS(=O)(=O)c1cc(NC(=O)c2ccoc2)ccc1N1CCCC1. The summed E-state index contributed by atoms with van der Waals surface area (Å²) in [5.41, 5.74) is 1.65. The molecule has 0 atom stereocenters. The lowest BCUT2D eigenvalue weighted by atomic mass is 10.2. The summed E-state index contributed by atoms with van der Waals surface area (Å²) in [6.07, 6.45) is 4.73. The zero-order chi connectivity index (χ0) is 21.8. The fraction of sp³-hybridized carbons (Fsp3) is 0.227. The fourth-order valence-corrected chi connectivity index (χ4v) is 4.87. The van der Waals surface area contributed by atoms with Gasteiger partial charge in [0.25, 0.3) is 15.9 Å². The number of carbonyl (C=O) groups is 1. The molecule has 1 saturated heterocycles. The molecule has 0 radical (unpaired) electrons. The Morgan fingerprint density at radius 2 is 1.87 bits per heavy atom. The molecule has 0 bridgehead atoms. The predicted molar refractivity (Wildman–Crippen MR) is 118 cm³/mol. The molecule has 0 unspecified atom stereocenters. The van der Waals surface area contributed by atoms with Crippen molar-refractivity contribution in [3.05, 3.63) is 66.6 Å². The second-order valence-corrected chi connectivity index (χ2v) is 8.80. The molecule has 1 aliphatic heterocycles. The van der Waals surface area contributed by atoms with Crippen molar-refractivity contribution >= 4 is 33.0 Å². The minimum atomic E-state index is -3.97. The maximum atomic E-state index is 13.4. The van der Waals surface area contributed by atoms with Gasteiger partial charge in [0.05, 0.1) is 30.3 Å². The molecule has 8 nitrogen and oxygen atoms in total. The van der Waals surface area contributed by atoms with Gasteiger partial charge in [0.2, 0.25) is 0 Å². The van der Waals surface area contributed by atoms with Gasteiger partial charge in [-0.25, -0.2) is 8.42 Å². The zero-order valence-corrected chi connectivity index (χ0v) is 17.8. The Kier molecular flexibility index (Phi) is 5.85. The summed E-state index contributed by atoms with van der Waals surface area (Å²) in [6.45, 7) is 1.55. The summed E-state index contributed by atoms with van der Waals surface area (Å²) in [5, 5.41) is 2.73. The summed E-state index contributed by atoms with van der Waals surface area (Å²) in [6, 6.07) is 13.2. The maximum Gasteiger partial charge on any atom is 0.264 e. The van der Waals surface area contributed by atoms with Gasteiger partial charge in [-0.3, -0.25) is 9.52 Å². The van der Waals surface area contributed by atoms with E-state index in [0.717, 1.165) is 25.9 Å². The Morgan fingerprint density at radius 3 is 2.58 bits per heavy atom. The summed E-state index contributed by atoms with van der Waals surface area (Å²) < 4.78 is 39.6. The number of carbonyl (C=O) groups excluding carboxylic acids is 1. The fourth-order valence-electron chi connectivity index (χ4n) is 3.55. The van der Waals surface area contributed by atoms with Crippen LogP contribution in [-0.2, 0) is 10.0 Å². The molecule has 1 aliphatic rings. The first-order valence-corrected chi connectivity index (χ1v) is 11.3. The second-order valence-electron chi connectivity index (χ2n) is 7.15. The number of furan rings is 1. The van der Waals surface area contributed by atoms with Gasteiger partial charge in [-0.15, -0.1) is 0 Å². The molecule has 162 valence electrons. The van der Waals surface area contributed by atoms with Crippen LogP contribution in [-0.4, -0.2) is 34.5 Å². The van der Waals surface area contributed by atoms with Gasteiger partial charge in [0.15, 0.2) is 0 Å². The van der Waals surface area contributed by atoms with Crippen molar-refractivity contribution in [2.75, 3.05) is 35.1 Å². The lowest BCUT2D eigenvalue weighted by molar-refractivity contribution is 0.102. The zero-order valence-electron chi connectivity index (χ0n) is 17.0. The van der Waals surface area contributed by atoms with Gasteiger partial charge >= 0.3 is 0 Å². The highest BCUT2D eigenvalue weighted by Crippen LogP contribution is 2.34. The number of nitrogens with one attached hydrogen (secondary N) is 2. The molecule has 2 N–H and O–H groups in total. The first kappa shape index (κ1) is 20.8. The Hall–Kier alpha value is -3.46. The Balaban J connectivity index is 1.71. The van der Waals surface area contributed by atoms with Crippen LogP contribution in [0.3, 0.4) is 0 Å². The molecule has 0 aliphatic carbocycles. The van der Waals surface area contributed by atoms with Crippen LogP contribution in [0.15, 0.2) is 70.4 Å². The molecular weight excluding hydrogens is 418 g/mol. The van der Waals surface area contributed by atoms with E-state index >= 15 is 0 Å². The lowest BCUT2D eigenvalue weighted by Crippen LogP contribution is -2.23. The van der Waals surface area contributed by atoms with E-state index in [1.165, 1.54) is 31.8 Å². The van der Waals surface area contributed by atoms with Crippen molar-refractivity contribution in [2.24, 2.45) is 0 Å². The van der Waals surface area contributed by atoms with Gasteiger partial charge in [0, 0.05) is 18.8 Å². The molecule has 9 heteroatoms. The average molecular weight is 442 g/mol. The van der Waals surface area contributed by atoms with Crippen molar-refractivity contribution in [3.63, 3.8) is 0 Å². The highest BCUT2D eigenvalue weighted by atomic mass is 32.2. The van der Waals surface area contributed by atoms with E-state index < -0.39 is 10.0 Å². The van der Waals surface area contributed by atoms with Gasteiger partial charge in [0.1, 0.15) is 16.9 Å². The summed E-state index contributed by atoms with van der Waals surface area (Å²) in [7, 11) is -2.49. The van der Waals surface area contributed by atoms with Crippen LogP contribution in [0.25, 0.3) is 0 Å². The van der Waals surface area contributed by atoms with E-state index in [0.29, 0.717) is 28.4 Å². The van der Waals surface area contributed by atoms with E-state index in [2.05, 4.69) is 10.0 Å². The number of hydrogen-bond acceptors (Lipinski definition) is 6. The number of amides is 1. The van der Waals surface area contributed by atoms with Crippen LogP contribution >= 0.6 is 0 Å². The topological polar surface area (TPSA) is 101 Å². The van der Waals surface area contributed by atoms with Crippen molar-refractivity contribution in [1.29, 1.82) is 0 Å². The van der Waals surface area contributed by atoms with Crippen molar-refractivity contribution < 1.29 is 22.4 Å². The molecule has 2 heterocycles. The van der Waals surface area contributed by atoms with Gasteiger partial charge in [-0.1, -0.05) is 12.1 Å². The highest BCUT2D eigenvalue weighted by Gasteiger charge is 2.26. The third-order valence-electron chi connectivity index (χ3n) is 5.09. The molecule has 1 fully saturated rings. The predicted octanol–water partition coefficient (Wildman–Crippen LogP) is 3.94.